The van der Waals surface area contributed by atoms with Gasteiger partial charge in [-0.15, -0.1) is 24.8 Å². The van der Waals surface area contributed by atoms with Gasteiger partial charge < -0.3 is 14.8 Å². The number of benzene rings is 2. The first-order valence-electron chi connectivity index (χ1n) is 8.91. The van der Waals surface area contributed by atoms with E-state index in [4.69, 9.17) is 21.1 Å². The number of nitrogens with one attached hydrogen (secondary N) is 1. The van der Waals surface area contributed by atoms with Crippen molar-refractivity contribution < 1.29 is 13.9 Å². The van der Waals surface area contributed by atoms with Crippen LogP contribution in [0.2, 0.25) is 5.02 Å². The third-order valence-corrected chi connectivity index (χ3v) is 5.29. The van der Waals surface area contributed by atoms with Crippen LogP contribution in [-0.4, -0.2) is 43.3 Å². The maximum absolute atomic E-state index is 13.9. The molecule has 0 amide bonds. The lowest BCUT2D eigenvalue weighted by atomic mass is 10.2. The molecular formula is C20H24Cl3FN2O2. The van der Waals surface area contributed by atoms with Crippen molar-refractivity contribution in [3.05, 3.63) is 64.4 Å². The van der Waals surface area contributed by atoms with Crippen LogP contribution in [0.25, 0.3) is 0 Å². The number of morpholine rings is 1. The molecule has 1 N–H and O–H groups in total. The second-order valence-corrected chi connectivity index (χ2v) is 7.21. The standard InChI is InChI=1S/C20H22ClFN2O2.2ClH/c21-17-5-2-6-18(22)16(17)13-26-15-4-1-3-14(9-15)10-24-11-19-20(12-24)25-8-7-23-19;;/h1-6,9,19-20,23H,7-8,10-13H2;2*1H/t19-,20-;;/m0../s1. The molecule has 0 aliphatic carbocycles. The number of hydrogen-bond donors (Lipinski definition) is 1. The molecule has 0 spiro atoms. The van der Waals surface area contributed by atoms with E-state index in [9.17, 15) is 4.39 Å². The maximum Gasteiger partial charge on any atom is 0.131 e. The number of rotatable bonds is 5. The van der Waals surface area contributed by atoms with Gasteiger partial charge in [0.05, 0.1) is 17.7 Å². The van der Waals surface area contributed by atoms with Crippen LogP contribution in [0.1, 0.15) is 11.1 Å². The molecule has 154 valence electrons. The van der Waals surface area contributed by atoms with Crippen LogP contribution in [0.15, 0.2) is 42.5 Å². The fourth-order valence-electron chi connectivity index (χ4n) is 3.62. The van der Waals surface area contributed by atoms with Crippen LogP contribution >= 0.6 is 36.4 Å². The van der Waals surface area contributed by atoms with Crippen molar-refractivity contribution >= 4 is 36.4 Å². The number of likely N-dealkylation sites (tertiary alicyclic amines) is 1. The molecule has 2 aromatic carbocycles. The molecule has 0 unspecified atom stereocenters. The first-order chi connectivity index (χ1) is 12.7. The summed E-state index contributed by atoms with van der Waals surface area (Å²) in [5.74, 6) is 0.369. The van der Waals surface area contributed by atoms with E-state index in [0.717, 1.165) is 32.8 Å². The zero-order chi connectivity index (χ0) is 17.9. The first-order valence-corrected chi connectivity index (χ1v) is 9.29. The Kier molecular flexibility index (Phi) is 8.81. The molecule has 2 fully saturated rings. The van der Waals surface area contributed by atoms with Crippen LogP contribution in [0.5, 0.6) is 5.75 Å². The van der Waals surface area contributed by atoms with E-state index in [0.29, 0.717) is 22.4 Å². The summed E-state index contributed by atoms with van der Waals surface area (Å²) >= 11 is 6.06. The van der Waals surface area contributed by atoms with Crippen LogP contribution in [0.4, 0.5) is 4.39 Å². The highest BCUT2D eigenvalue weighted by atomic mass is 35.5. The summed E-state index contributed by atoms with van der Waals surface area (Å²) in [7, 11) is 0. The van der Waals surface area contributed by atoms with Gasteiger partial charge in [0.25, 0.3) is 0 Å². The molecular weight excluding hydrogens is 426 g/mol. The molecule has 2 aliphatic heterocycles. The minimum atomic E-state index is -0.346. The normalized spacial score (nSPS) is 21.4. The van der Waals surface area contributed by atoms with Crippen molar-refractivity contribution in [1.29, 1.82) is 0 Å². The zero-order valence-corrected chi connectivity index (χ0v) is 17.7. The third kappa shape index (κ3) is 5.50. The smallest absolute Gasteiger partial charge is 0.131 e. The molecule has 28 heavy (non-hydrogen) atoms. The van der Waals surface area contributed by atoms with Crippen molar-refractivity contribution in [3.8, 4) is 5.75 Å². The summed E-state index contributed by atoms with van der Waals surface area (Å²) in [5, 5.41) is 3.90. The first kappa shape index (κ1) is 23.2. The summed E-state index contributed by atoms with van der Waals surface area (Å²) in [6.07, 6.45) is 0.284. The van der Waals surface area contributed by atoms with Gasteiger partial charge in [-0.1, -0.05) is 29.8 Å². The van der Waals surface area contributed by atoms with Gasteiger partial charge in [-0.3, -0.25) is 4.90 Å². The molecule has 2 heterocycles. The van der Waals surface area contributed by atoms with Crippen LogP contribution in [-0.2, 0) is 17.9 Å². The Morgan fingerprint density at radius 2 is 2.00 bits per heavy atom. The summed E-state index contributed by atoms with van der Waals surface area (Å²) in [6, 6.07) is 13.0. The van der Waals surface area contributed by atoms with E-state index < -0.39 is 0 Å². The predicted octanol–water partition coefficient (Wildman–Crippen LogP) is 4.07. The Morgan fingerprint density at radius 1 is 1.18 bits per heavy atom. The van der Waals surface area contributed by atoms with E-state index in [-0.39, 0.29) is 43.3 Å². The summed E-state index contributed by atoms with van der Waals surface area (Å²) < 4.78 is 25.5. The third-order valence-electron chi connectivity index (χ3n) is 4.93. The zero-order valence-electron chi connectivity index (χ0n) is 15.3. The Bertz CT molecular complexity index is 747. The topological polar surface area (TPSA) is 33.7 Å². The second-order valence-electron chi connectivity index (χ2n) is 6.80. The Balaban J connectivity index is 0.00000140. The van der Waals surface area contributed by atoms with Crippen molar-refractivity contribution in [2.75, 3.05) is 26.2 Å². The quantitative estimate of drug-likeness (QED) is 0.746. The Morgan fingerprint density at radius 3 is 2.79 bits per heavy atom. The molecule has 4 rings (SSSR count). The predicted molar refractivity (Wildman–Crippen MR) is 113 cm³/mol. The van der Waals surface area contributed by atoms with Crippen LogP contribution in [0.3, 0.4) is 0 Å². The van der Waals surface area contributed by atoms with Gasteiger partial charge in [0.15, 0.2) is 0 Å². The fourth-order valence-corrected chi connectivity index (χ4v) is 3.84. The lowest BCUT2D eigenvalue weighted by molar-refractivity contribution is 0.0175. The molecule has 0 saturated carbocycles. The van der Waals surface area contributed by atoms with Gasteiger partial charge in [-0.05, 0) is 29.8 Å². The van der Waals surface area contributed by atoms with Gasteiger partial charge in [0, 0.05) is 37.8 Å². The Labute approximate surface area is 182 Å². The van der Waals surface area contributed by atoms with Gasteiger partial charge >= 0.3 is 0 Å². The molecule has 2 aromatic rings. The lowest BCUT2D eigenvalue weighted by Gasteiger charge is -2.25. The molecule has 2 aliphatic rings. The molecule has 0 bridgehead atoms. The Hall–Kier alpha value is -1.08. The van der Waals surface area contributed by atoms with E-state index in [1.54, 1.807) is 12.1 Å². The number of halogens is 4. The average molecular weight is 450 g/mol. The maximum atomic E-state index is 13.9. The van der Waals surface area contributed by atoms with E-state index in [1.807, 2.05) is 18.2 Å². The molecule has 0 aromatic heterocycles. The average Bonchev–Trinajstić information content (AvgIpc) is 3.04. The monoisotopic (exact) mass is 448 g/mol. The summed E-state index contributed by atoms with van der Waals surface area (Å²) in [5.41, 5.74) is 1.55. The molecule has 8 heteroatoms. The van der Waals surface area contributed by atoms with E-state index in [2.05, 4.69) is 16.3 Å². The number of fused-ring (bicyclic) bond motifs is 1. The molecule has 4 nitrogen and oxygen atoms in total. The van der Waals surface area contributed by atoms with E-state index >= 15 is 0 Å². The number of nitrogens with zero attached hydrogens (tertiary/aromatic N) is 1. The highest BCUT2D eigenvalue weighted by Gasteiger charge is 2.35. The van der Waals surface area contributed by atoms with Gasteiger partial charge in [-0.25, -0.2) is 4.39 Å². The van der Waals surface area contributed by atoms with Crippen molar-refractivity contribution in [2.24, 2.45) is 0 Å². The van der Waals surface area contributed by atoms with Gasteiger partial charge in [-0.2, -0.15) is 0 Å². The van der Waals surface area contributed by atoms with Gasteiger partial charge in [0.1, 0.15) is 18.2 Å². The largest absolute Gasteiger partial charge is 0.489 e. The molecule has 0 radical (unpaired) electrons. The summed E-state index contributed by atoms with van der Waals surface area (Å²) in [6.45, 7) is 4.60. The van der Waals surface area contributed by atoms with Crippen molar-refractivity contribution in [3.63, 3.8) is 0 Å². The minimum Gasteiger partial charge on any atom is -0.489 e. The fraction of sp³-hybridized carbons (Fsp3) is 0.400. The van der Waals surface area contributed by atoms with Gasteiger partial charge in [0.2, 0.25) is 0 Å². The van der Waals surface area contributed by atoms with Crippen molar-refractivity contribution in [2.45, 2.75) is 25.3 Å². The number of ether oxygens (including phenoxy) is 2. The highest BCUT2D eigenvalue weighted by Crippen LogP contribution is 2.23. The van der Waals surface area contributed by atoms with Crippen LogP contribution in [0, 0.1) is 5.82 Å². The second kappa shape index (κ2) is 10.6. The SMILES string of the molecule is Cl.Cl.Fc1cccc(Cl)c1COc1cccc(CN2C[C@@H]3NCCO[C@H]3C2)c1. The molecule has 2 atom stereocenters. The number of hydrogen-bond acceptors (Lipinski definition) is 4. The highest BCUT2D eigenvalue weighted by molar-refractivity contribution is 6.31. The lowest BCUT2D eigenvalue weighted by Crippen LogP contribution is -2.47. The van der Waals surface area contributed by atoms with Crippen LogP contribution < -0.4 is 10.1 Å². The summed E-state index contributed by atoms with van der Waals surface area (Å²) in [4.78, 5) is 2.39. The molecule has 2 saturated heterocycles. The minimum absolute atomic E-state index is 0. The van der Waals surface area contributed by atoms with Crippen molar-refractivity contribution in [1.82, 2.24) is 10.2 Å². The van der Waals surface area contributed by atoms with E-state index in [1.165, 1.54) is 11.6 Å².